The summed E-state index contributed by atoms with van der Waals surface area (Å²) < 4.78 is 0. The van der Waals surface area contributed by atoms with E-state index < -0.39 is 11.2 Å². The molecule has 0 unspecified atom stereocenters. The van der Waals surface area contributed by atoms with E-state index in [1.54, 1.807) is 6.08 Å². The van der Waals surface area contributed by atoms with Crippen LogP contribution < -0.4 is 11.2 Å². The molecule has 0 atom stereocenters. The van der Waals surface area contributed by atoms with Crippen LogP contribution in [-0.4, -0.2) is 9.97 Å². The second-order valence-corrected chi connectivity index (χ2v) is 3.20. The van der Waals surface area contributed by atoms with Crippen LogP contribution in [0.25, 0.3) is 6.08 Å². The Labute approximate surface area is 85.6 Å². The van der Waals surface area contributed by atoms with Crippen LogP contribution in [0.15, 0.2) is 15.7 Å². The first kappa shape index (κ1) is 10.8. The normalized spacial score (nSPS) is 11.0. The molecule has 5 heteroatoms. The predicted octanol–water partition coefficient (Wildman–Crippen LogP) is 1.53. The van der Waals surface area contributed by atoms with E-state index in [1.165, 1.54) is 0 Å². The summed E-state index contributed by atoms with van der Waals surface area (Å²) in [5, 5.41) is 0.0751. The number of nitrogens with one attached hydrogen (secondary N) is 2. The Hall–Kier alpha value is -1.29. The number of aromatic amines is 2. The first-order valence-electron chi connectivity index (χ1n) is 4.33. The minimum atomic E-state index is -0.590. The molecule has 0 aliphatic carbocycles. The summed E-state index contributed by atoms with van der Waals surface area (Å²) >= 11 is 5.69. The van der Waals surface area contributed by atoms with Gasteiger partial charge in [0.15, 0.2) is 0 Å². The smallest absolute Gasteiger partial charge is 0.297 e. The van der Waals surface area contributed by atoms with Crippen molar-refractivity contribution in [3.05, 3.63) is 37.6 Å². The molecule has 0 aliphatic rings. The molecule has 0 amide bonds. The van der Waals surface area contributed by atoms with Crippen molar-refractivity contribution in [2.75, 3.05) is 0 Å². The number of unbranched alkanes of at least 4 members (excludes halogenated alkanes) is 1. The minimum absolute atomic E-state index is 0.0751. The molecule has 0 saturated heterocycles. The lowest BCUT2D eigenvalue weighted by Crippen LogP contribution is -2.24. The molecule has 0 saturated carbocycles. The van der Waals surface area contributed by atoms with Crippen LogP contribution in [0.3, 0.4) is 0 Å². The maximum Gasteiger partial charge on any atom is 0.326 e. The van der Waals surface area contributed by atoms with Gasteiger partial charge in [0.2, 0.25) is 0 Å². The number of halogens is 1. The van der Waals surface area contributed by atoms with Gasteiger partial charge in [-0.3, -0.25) is 14.8 Å². The van der Waals surface area contributed by atoms with Crippen LogP contribution in [-0.2, 0) is 0 Å². The Balaban J connectivity index is 3.09. The number of aromatic nitrogens is 2. The van der Waals surface area contributed by atoms with Gasteiger partial charge in [0, 0.05) is 0 Å². The van der Waals surface area contributed by atoms with E-state index in [9.17, 15) is 9.59 Å². The van der Waals surface area contributed by atoms with Gasteiger partial charge < -0.3 is 0 Å². The monoisotopic (exact) mass is 214 g/mol. The standard InChI is InChI=1S/C9H11ClN2O2/c1-2-3-4-5-6-7(10)11-9(14)12-8(6)13/h4-5H,2-3H2,1H3,(H2,11,12,13,14)/b5-4+. The van der Waals surface area contributed by atoms with E-state index in [-0.39, 0.29) is 5.15 Å². The largest absolute Gasteiger partial charge is 0.326 e. The molecule has 0 aromatic carbocycles. The molecule has 1 rings (SSSR count). The highest BCUT2D eigenvalue weighted by Gasteiger charge is 2.02. The van der Waals surface area contributed by atoms with Gasteiger partial charge in [-0.15, -0.1) is 0 Å². The Morgan fingerprint density at radius 1 is 1.36 bits per heavy atom. The summed E-state index contributed by atoms with van der Waals surface area (Å²) in [6.45, 7) is 2.03. The molecule has 0 radical (unpaired) electrons. The van der Waals surface area contributed by atoms with Gasteiger partial charge in [0.25, 0.3) is 5.56 Å². The van der Waals surface area contributed by atoms with E-state index in [1.807, 2.05) is 13.0 Å². The maximum atomic E-state index is 11.2. The second-order valence-electron chi connectivity index (χ2n) is 2.83. The SMILES string of the molecule is CCC/C=C/c1c(Cl)[nH]c(=O)[nH]c1=O. The lowest BCUT2D eigenvalue weighted by Gasteiger charge is -1.94. The number of H-pyrrole nitrogens is 2. The summed E-state index contributed by atoms with van der Waals surface area (Å²) in [5.41, 5.74) is -0.765. The Morgan fingerprint density at radius 3 is 2.64 bits per heavy atom. The fourth-order valence-corrected chi connectivity index (χ4v) is 1.22. The molecule has 0 fully saturated rings. The number of rotatable bonds is 3. The van der Waals surface area contributed by atoms with Gasteiger partial charge in [-0.2, -0.15) is 0 Å². The molecule has 1 aromatic rings. The van der Waals surface area contributed by atoms with E-state index in [2.05, 4.69) is 9.97 Å². The van der Waals surface area contributed by atoms with Crippen molar-refractivity contribution in [3.63, 3.8) is 0 Å². The fourth-order valence-electron chi connectivity index (χ4n) is 0.985. The third-order valence-corrected chi connectivity index (χ3v) is 1.97. The van der Waals surface area contributed by atoms with Gasteiger partial charge in [0.05, 0.1) is 5.56 Å². The fraction of sp³-hybridized carbons (Fsp3) is 0.333. The number of hydrogen-bond acceptors (Lipinski definition) is 2. The zero-order valence-electron chi connectivity index (χ0n) is 7.76. The van der Waals surface area contributed by atoms with E-state index in [4.69, 9.17) is 11.6 Å². The molecule has 76 valence electrons. The Kier molecular flexibility index (Phi) is 3.71. The summed E-state index contributed by atoms with van der Waals surface area (Å²) in [4.78, 5) is 26.4. The van der Waals surface area contributed by atoms with Gasteiger partial charge in [-0.05, 0) is 6.42 Å². The van der Waals surface area contributed by atoms with Crippen LogP contribution in [0.4, 0.5) is 0 Å². The average Bonchev–Trinajstić information content (AvgIpc) is 2.09. The first-order valence-corrected chi connectivity index (χ1v) is 4.71. The van der Waals surface area contributed by atoms with Gasteiger partial charge in [-0.25, -0.2) is 4.79 Å². The average molecular weight is 215 g/mol. The lowest BCUT2D eigenvalue weighted by molar-refractivity contribution is 0.961. The first-order chi connectivity index (χ1) is 6.65. The summed E-state index contributed by atoms with van der Waals surface area (Å²) in [6, 6.07) is 0. The summed E-state index contributed by atoms with van der Waals surface area (Å²) in [5.74, 6) is 0. The topological polar surface area (TPSA) is 65.7 Å². The van der Waals surface area contributed by atoms with Crippen LogP contribution in [0.5, 0.6) is 0 Å². The van der Waals surface area contributed by atoms with Crippen LogP contribution in [0.1, 0.15) is 25.3 Å². The highest BCUT2D eigenvalue weighted by Crippen LogP contribution is 2.07. The quantitative estimate of drug-likeness (QED) is 0.750. The van der Waals surface area contributed by atoms with Crippen LogP contribution >= 0.6 is 11.6 Å². The Morgan fingerprint density at radius 2 is 2.07 bits per heavy atom. The van der Waals surface area contributed by atoms with E-state index >= 15 is 0 Å². The zero-order valence-corrected chi connectivity index (χ0v) is 8.52. The molecular weight excluding hydrogens is 204 g/mol. The van der Waals surface area contributed by atoms with Crippen molar-refractivity contribution >= 4 is 17.7 Å². The number of hydrogen-bond donors (Lipinski definition) is 2. The van der Waals surface area contributed by atoms with Crippen molar-refractivity contribution in [1.82, 2.24) is 9.97 Å². The minimum Gasteiger partial charge on any atom is -0.297 e. The van der Waals surface area contributed by atoms with Gasteiger partial charge in [0.1, 0.15) is 5.15 Å². The Bertz CT molecular complexity index is 445. The predicted molar refractivity (Wildman–Crippen MR) is 56.6 cm³/mol. The van der Waals surface area contributed by atoms with Crippen molar-refractivity contribution in [3.8, 4) is 0 Å². The number of allylic oxidation sites excluding steroid dienone is 1. The highest BCUT2D eigenvalue weighted by atomic mass is 35.5. The maximum absolute atomic E-state index is 11.2. The van der Waals surface area contributed by atoms with Gasteiger partial charge in [-0.1, -0.05) is 37.1 Å². The molecule has 0 aliphatic heterocycles. The van der Waals surface area contributed by atoms with Crippen molar-refractivity contribution in [1.29, 1.82) is 0 Å². The third-order valence-electron chi connectivity index (χ3n) is 1.67. The molecular formula is C9H11ClN2O2. The lowest BCUT2D eigenvalue weighted by atomic mass is 10.2. The molecule has 0 spiro atoms. The molecule has 14 heavy (non-hydrogen) atoms. The second kappa shape index (κ2) is 4.81. The van der Waals surface area contributed by atoms with Crippen molar-refractivity contribution < 1.29 is 0 Å². The van der Waals surface area contributed by atoms with E-state index in [0.29, 0.717) is 5.56 Å². The molecule has 0 bridgehead atoms. The van der Waals surface area contributed by atoms with Crippen molar-refractivity contribution in [2.45, 2.75) is 19.8 Å². The van der Waals surface area contributed by atoms with Crippen LogP contribution in [0, 0.1) is 0 Å². The molecule has 4 nitrogen and oxygen atoms in total. The van der Waals surface area contributed by atoms with Crippen molar-refractivity contribution in [2.24, 2.45) is 0 Å². The highest BCUT2D eigenvalue weighted by molar-refractivity contribution is 6.30. The van der Waals surface area contributed by atoms with Crippen LogP contribution in [0.2, 0.25) is 5.15 Å². The van der Waals surface area contributed by atoms with E-state index in [0.717, 1.165) is 12.8 Å². The third kappa shape index (κ3) is 2.60. The summed E-state index contributed by atoms with van der Waals surface area (Å²) in [6.07, 6.45) is 5.32. The zero-order chi connectivity index (χ0) is 10.6. The molecule has 1 heterocycles. The molecule has 2 N–H and O–H groups in total. The molecule has 1 aromatic heterocycles. The summed E-state index contributed by atoms with van der Waals surface area (Å²) in [7, 11) is 0. The van der Waals surface area contributed by atoms with Gasteiger partial charge >= 0.3 is 5.69 Å².